The second-order valence-corrected chi connectivity index (χ2v) is 6.94. The third kappa shape index (κ3) is 6.36. The Hall–Kier alpha value is -3.32. The molecule has 0 aliphatic heterocycles. The molecule has 0 atom stereocenters. The van der Waals surface area contributed by atoms with Crippen molar-refractivity contribution in [3.63, 3.8) is 0 Å². The van der Waals surface area contributed by atoms with Crippen molar-refractivity contribution in [2.45, 2.75) is 47.1 Å². The monoisotopic (exact) mass is 386 g/mol. The maximum atomic E-state index is 4.68. The first-order chi connectivity index (χ1) is 14.0. The van der Waals surface area contributed by atoms with Crippen LogP contribution < -0.4 is 5.32 Å². The van der Waals surface area contributed by atoms with Crippen LogP contribution in [0.25, 0.3) is 5.70 Å². The number of imidazole rings is 1. The molecule has 0 unspecified atom stereocenters. The second-order valence-electron chi connectivity index (χ2n) is 6.94. The lowest BCUT2D eigenvalue weighted by molar-refractivity contribution is 0.571. The lowest BCUT2D eigenvalue weighted by atomic mass is 10.0. The van der Waals surface area contributed by atoms with E-state index in [1.165, 1.54) is 0 Å². The zero-order valence-electron chi connectivity index (χ0n) is 18.0. The van der Waals surface area contributed by atoms with Gasteiger partial charge in [0.15, 0.2) is 0 Å². The Morgan fingerprint density at radius 2 is 2.17 bits per heavy atom. The van der Waals surface area contributed by atoms with E-state index in [0.29, 0.717) is 6.04 Å². The number of nitrogens with zero attached hydrogens (tertiary/aromatic N) is 3. The van der Waals surface area contributed by atoms with Crippen LogP contribution in [0.3, 0.4) is 0 Å². The highest BCUT2D eigenvalue weighted by molar-refractivity contribution is 5.75. The van der Waals surface area contributed by atoms with Gasteiger partial charge in [0.05, 0.1) is 0 Å². The molecule has 150 valence electrons. The molecule has 4 nitrogen and oxygen atoms in total. The highest BCUT2D eigenvalue weighted by atomic mass is 15.2. The molecule has 0 bridgehead atoms. The van der Waals surface area contributed by atoms with Crippen molar-refractivity contribution in [2.24, 2.45) is 4.99 Å². The molecule has 0 radical (unpaired) electrons. The van der Waals surface area contributed by atoms with Gasteiger partial charge in [0.2, 0.25) is 0 Å². The van der Waals surface area contributed by atoms with Gasteiger partial charge < -0.3 is 9.88 Å². The van der Waals surface area contributed by atoms with Crippen LogP contribution in [0, 0.1) is 18.8 Å². The van der Waals surface area contributed by atoms with E-state index in [9.17, 15) is 0 Å². The zero-order chi connectivity index (χ0) is 21.2. The predicted octanol–water partition coefficient (Wildman–Crippen LogP) is 5.93. The molecule has 1 heterocycles. The molecule has 0 saturated carbocycles. The van der Waals surface area contributed by atoms with Crippen LogP contribution in [0.2, 0.25) is 0 Å². The van der Waals surface area contributed by atoms with Crippen molar-refractivity contribution in [1.82, 2.24) is 9.55 Å². The van der Waals surface area contributed by atoms with Crippen LogP contribution in [-0.4, -0.2) is 15.8 Å². The molecule has 2 rings (SSSR count). The Bertz CT molecular complexity index is 992. The van der Waals surface area contributed by atoms with Gasteiger partial charge in [0, 0.05) is 48.4 Å². The number of benzene rings is 1. The molecule has 0 fully saturated rings. The van der Waals surface area contributed by atoms with E-state index < -0.39 is 0 Å². The van der Waals surface area contributed by atoms with Crippen LogP contribution in [0.15, 0.2) is 60.4 Å². The molecule has 1 N–H and O–H groups in total. The summed E-state index contributed by atoms with van der Waals surface area (Å²) in [6, 6.07) is 6.53. The summed E-state index contributed by atoms with van der Waals surface area (Å²) in [7, 11) is 0. The van der Waals surface area contributed by atoms with Gasteiger partial charge >= 0.3 is 0 Å². The smallest absolute Gasteiger partial charge is 0.148 e. The molecular weight excluding hydrogens is 356 g/mol. The standard InChI is InChI=1S/C25H30N4/c1-7-9-15-26-16-11-10-12-22-17-23(14-13-20(22)5)21(6)27-24-18-29(19(3)4)25(8-2)28-24/h7,9,11,13-19,27H,6,8H2,1-5H3/b9-7-,16-11+,26-15+. The quantitative estimate of drug-likeness (QED) is 0.473. The van der Waals surface area contributed by atoms with Crippen LogP contribution in [0.1, 0.15) is 56.3 Å². The van der Waals surface area contributed by atoms with Gasteiger partial charge in [-0.15, -0.1) is 0 Å². The molecule has 0 saturated heterocycles. The lowest BCUT2D eigenvalue weighted by Gasteiger charge is -2.10. The Morgan fingerprint density at radius 3 is 2.83 bits per heavy atom. The van der Waals surface area contributed by atoms with E-state index in [4.69, 9.17) is 0 Å². The summed E-state index contributed by atoms with van der Waals surface area (Å²) in [6.07, 6.45) is 11.9. The van der Waals surface area contributed by atoms with Gasteiger partial charge in [-0.25, -0.2) is 4.98 Å². The summed E-state index contributed by atoms with van der Waals surface area (Å²) in [5.74, 6) is 8.09. The van der Waals surface area contributed by atoms with Crippen molar-refractivity contribution < 1.29 is 0 Å². The van der Waals surface area contributed by atoms with Gasteiger partial charge in [-0.3, -0.25) is 4.99 Å². The van der Waals surface area contributed by atoms with E-state index in [0.717, 1.165) is 40.5 Å². The van der Waals surface area contributed by atoms with Gasteiger partial charge in [0.25, 0.3) is 0 Å². The molecule has 29 heavy (non-hydrogen) atoms. The summed E-state index contributed by atoms with van der Waals surface area (Å²) in [4.78, 5) is 8.79. The van der Waals surface area contributed by atoms with E-state index in [-0.39, 0.29) is 0 Å². The van der Waals surface area contributed by atoms with Crippen LogP contribution >= 0.6 is 0 Å². The minimum atomic E-state index is 0.373. The fourth-order valence-electron chi connectivity index (χ4n) is 2.76. The minimum absolute atomic E-state index is 0.373. The average Bonchev–Trinajstić information content (AvgIpc) is 3.11. The molecule has 0 spiro atoms. The number of aryl methyl sites for hydroxylation is 2. The topological polar surface area (TPSA) is 42.2 Å². The molecule has 0 amide bonds. The predicted molar refractivity (Wildman–Crippen MR) is 125 cm³/mol. The molecule has 1 aromatic heterocycles. The Labute approximate surface area is 174 Å². The molecular formula is C25H30N4. The van der Waals surface area contributed by atoms with E-state index >= 15 is 0 Å². The van der Waals surface area contributed by atoms with Crippen LogP contribution in [-0.2, 0) is 6.42 Å². The fourth-order valence-corrected chi connectivity index (χ4v) is 2.76. The molecule has 2 aromatic rings. The lowest BCUT2D eigenvalue weighted by Crippen LogP contribution is -2.03. The summed E-state index contributed by atoms with van der Waals surface area (Å²) in [6.45, 7) is 14.6. The van der Waals surface area contributed by atoms with Gasteiger partial charge in [-0.2, -0.15) is 0 Å². The maximum absolute atomic E-state index is 4.68. The summed E-state index contributed by atoms with van der Waals surface area (Å²) >= 11 is 0. The third-order valence-electron chi connectivity index (χ3n) is 4.36. The third-order valence-corrected chi connectivity index (χ3v) is 4.36. The number of nitrogens with one attached hydrogen (secondary N) is 1. The van der Waals surface area contributed by atoms with Crippen molar-refractivity contribution >= 4 is 17.7 Å². The van der Waals surface area contributed by atoms with Gasteiger partial charge in [-0.05, 0) is 51.0 Å². The number of anilines is 1. The summed E-state index contributed by atoms with van der Waals surface area (Å²) in [5, 5.41) is 3.34. The number of aliphatic imine (C=N–C) groups is 1. The van der Waals surface area contributed by atoms with Crippen molar-refractivity contribution in [1.29, 1.82) is 0 Å². The summed E-state index contributed by atoms with van der Waals surface area (Å²) < 4.78 is 2.19. The summed E-state index contributed by atoms with van der Waals surface area (Å²) in [5.41, 5.74) is 3.88. The highest BCUT2D eigenvalue weighted by Crippen LogP contribution is 2.21. The molecule has 0 aliphatic carbocycles. The van der Waals surface area contributed by atoms with Crippen LogP contribution in [0.4, 0.5) is 5.82 Å². The second kappa shape index (κ2) is 10.9. The fraction of sp³-hybridized carbons (Fsp3) is 0.280. The number of allylic oxidation sites excluding steroid dienone is 3. The van der Waals surface area contributed by atoms with Crippen LogP contribution in [0.5, 0.6) is 0 Å². The Kier molecular flexibility index (Phi) is 8.24. The number of rotatable bonds is 7. The van der Waals surface area contributed by atoms with E-state index in [2.05, 4.69) is 78.1 Å². The zero-order valence-corrected chi connectivity index (χ0v) is 18.0. The Balaban J connectivity index is 2.15. The number of hydrogen-bond acceptors (Lipinski definition) is 3. The normalized spacial score (nSPS) is 11.5. The SMILES string of the molecule is C=C(Nc1cn(C(C)C)c(CC)n1)c1ccc(C)c(C#C/C=C/N=C/C=C\C)c1. The molecule has 0 aliphatic rings. The maximum Gasteiger partial charge on any atom is 0.148 e. The average molecular weight is 387 g/mol. The number of hydrogen-bond donors (Lipinski definition) is 1. The molecule has 1 aromatic carbocycles. The largest absolute Gasteiger partial charge is 0.339 e. The van der Waals surface area contributed by atoms with Crippen molar-refractivity contribution in [2.75, 3.05) is 5.32 Å². The van der Waals surface area contributed by atoms with E-state index in [1.807, 2.05) is 31.3 Å². The first kappa shape index (κ1) is 22.0. The van der Waals surface area contributed by atoms with Gasteiger partial charge in [0.1, 0.15) is 11.6 Å². The highest BCUT2D eigenvalue weighted by Gasteiger charge is 2.10. The van der Waals surface area contributed by atoms with Crippen molar-refractivity contribution in [3.05, 3.63) is 77.9 Å². The number of aromatic nitrogens is 2. The van der Waals surface area contributed by atoms with Gasteiger partial charge in [-0.1, -0.05) is 43.6 Å². The Morgan fingerprint density at radius 1 is 1.38 bits per heavy atom. The molecule has 4 heteroatoms. The first-order valence-electron chi connectivity index (χ1n) is 9.92. The van der Waals surface area contributed by atoms with Crippen molar-refractivity contribution in [3.8, 4) is 11.8 Å². The first-order valence-corrected chi connectivity index (χ1v) is 9.92. The minimum Gasteiger partial charge on any atom is -0.339 e. The van der Waals surface area contributed by atoms with E-state index in [1.54, 1.807) is 18.5 Å².